The second-order valence-electron chi connectivity index (χ2n) is 10.7. The molecule has 1 saturated heterocycles. The molecule has 0 saturated carbocycles. The predicted molar refractivity (Wildman–Crippen MR) is 150 cm³/mol. The molecule has 0 aliphatic carbocycles. The minimum absolute atomic E-state index is 0.0708. The summed E-state index contributed by atoms with van der Waals surface area (Å²) in [4.78, 5) is 2.36. The molecule has 206 valence electrons. The number of rotatable bonds is 7. The summed E-state index contributed by atoms with van der Waals surface area (Å²) in [7, 11) is -3.57. The van der Waals surface area contributed by atoms with Crippen molar-refractivity contribution in [3.8, 4) is 17.2 Å². The molecular formula is C31H34FNO5S. The van der Waals surface area contributed by atoms with E-state index in [9.17, 15) is 13.5 Å². The van der Waals surface area contributed by atoms with Gasteiger partial charge in [0.15, 0.2) is 9.84 Å². The van der Waals surface area contributed by atoms with Crippen LogP contribution in [0.2, 0.25) is 0 Å². The number of allylic oxidation sites excluding steroid dienone is 1. The number of benzene rings is 3. The van der Waals surface area contributed by atoms with Crippen molar-refractivity contribution in [3.63, 3.8) is 0 Å². The molecule has 1 N–H and O–H groups in total. The summed E-state index contributed by atoms with van der Waals surface area (Å²) >= 11 is 0. The van der Waals surface area contributed by atoms with Crippen molar-refractivity contribution in [1.82, 2.24) is 4.90 Å². The van der Waals surface area contributed by atoms with Crippen molar-refractivity contribution in [2.75, 3.05) is 26.0 Å². The van der Waals surface area contributed by atoms with Crippen LogP contribution in [0.15, 0.2) is 65.6 Å². The normalized spacial score (nSPS) is 20.4. The number of likely N-dealkylation sites (tertiary alicyclic amines) is 1. The molecule has 0 spiro atoms. The Morgan fingerprint density at radius 1 is 1.10 bits per heavy atom. The van der Waals surface area contributed by atoms with Gasteiger partial charge in [-0.25, -0.2) is 12.8 Å². The summed E-state index contributed by atoms with van der Waals surface area (Å²) in [5.41, 5.74) is 2.99. The van der Waals surface area contributed by atoms with Gasteiger partial charge in [-0.3, -0.25) is 4.90 Å². The Kier molecular flexibility index (Phi) is 7.44. The molecule has 0 aromatic heterocycles. The van der Waals surface area contributed by atoms with Crippen LogP contribution in [0.3, 0.4) is 0 Å². The largest absolute Gasteiger partial charge is 0.508 e. The van der Waals surface area contributed by atoms with Crippen molar-refractivity contribution in [3.05, 3.63) is 83.2 Å². The first-order valence-corrected chi connectivity index (χ1v) is 15.1. The van der Waals surface area contributed by atoms with Gasteiger partial charge in [0.05, 0.1) is 4.90 Å². The van der Waals surface area contributed by atoms with Crippen molar-refractivity contribution in [2.24, 2.45) is 5.92 Å². The van der Waals surface area contributed by atoms with E-state index in [-0.39, 0.29) is 16.2 Å². The summed E-state index contributed by atoms with van der Waals surface area (Å²) < 4.78 is 51.9. The van der Waals surface area contributed by atoms with Crippen LogP contribution in [0.4, 0.5) is 4.39 Å². The van der Waals surface area contributed by atoms with Gasteiger partial charge in [-0.15, -0.1) is 0 Å². The van der Waals surface area contributed by atoms with E-state index in [1.165, 1.54) is 18.6 Å². The third-order valence-corrected chi connectivity index (χ3v) is 8.80. The van der Waals surface area contributed by atoms with E-state index in [0.717, 1.165) is 48.2 Å². The number of halogens is 1. The van der Waals surface area contributed by atoms with Crippen LogP contribution in [0.25, 0.3) is 11.1 Å². The van der Waals surface area contributed by atoms with Crippen LogP contribution < -0.4 is 9.47 Å². The summed E-state index contributed by atoms with van der Waals surface area (Å²) in [6.45, 7) is 9.09. The molecule has 3 aromatic carbocycles. The van der Waals surface area contributed by atoms with Gasteiger partial charge in [-0.2, -0.15) is 0 Å². The predicted octanol–water partition coefficient (Wildman–Crippen LogP) is 6.11. The third kappa shape index (κ3) is 5.68. The van der Waals surface area contributed by atoms with Gasteiger partial charge in [-0.05, 0) is 86.3 Å². The van der Waals surface area contributed by atoms with Crippen molar-refractivity contribution < 1.29 is 27.4 Å². The highest BCUT2D eigenvalue weighted by molar-refractivity contribution is 7.90. The maximum absolute atomic E-state index is 15.4. The second-order valence-corrected chi connectivity index (χ2v) is 12.8. The highest BCUT2D eigenvalue weighted by Crippen LogP contribution is 2.48. The molecule has 2 heterocycles. The quantitative estimate of drug-likeness (QED) is 0.382. The molecule has 3 aromatic rings. The molecule has 1 fully saturated rings. The van der Waals surface area contributed by atoms with Gasteiger partial charge in [-0.1, -0.05) is 25.1 Å². The zero-order valence-corrected chi connectivity index (χ0v) is 23.5. The molecular weight excluding hydrogens is 517 g/mol. The average molecular weight is 552 g/mol. The number of hydrogen-bond acceptors (Lipinski definition) is 6. The van der Waals surface area contributed by atoms with Crippen LogP contribution in [-0.2, 0) is 9.84 Å². The number of aromatic hydroxyl groups is 1. The molecule has 5 rings (SSSR count). The van der Waals surface area contributed by atoms with Crippen LogP contribution in [-0.4, -0.2) is 50.4 Å². The second kappa shape index (κ2) is 10.7. The van der Waals surface area contributed by atoms with Crippen molar-refractivity contribution in [2.45, 2.75) is 44.2 Å². The molecule has 0 radical (unpaired) electrons. The Bertz CT molecular complexity index is 1520. The average Bonchev–Trinajstić information content (AvgIpc) is 3.34. The van der Waals surface area contributed by atoms with E-state index < -0.39 is 21.8 Å². The minimum atomic E-state index is -3.57. The molecule has 6 nitrogen and oxygen atoms in total. The standard InChI is InChI=1S/C31H34FNO5S/c1-19-13-14-33(17-19)20(2)18-37-24-8-5-22(6-9-24)31-30(21(3)27-15-23(34)7-12-29(27)38-31)26-11-10-25(16-28(26)32)39(4,35)36/h5-12,15-16,19-20,31,34H,13-14,17-18H2,1-4H3/t19-,20+,31?/m1/s1. The number of hydrogen-bond donors (Lipinski definition) is 1. The highest BCUT2D eigenvalue weighted by atomic mass is 32.2. The lowest BCUT2D eigenvalue weighted by Gasteiger charge is -2.31. The fraction of sp³-hybridized carbons (Fsp3) is 0.355. The molecule has 1 unspecified atom stereocenters. The Morgan fingerprint density at radius 2 is 1.85 bits per heavy atom. The van der Waals surface area contributed by atoms with Gasteiger partial charge in [0.2, 0.25) is 0 Å². The lowest BCUT2D eigenvalue weighted by molar-refractivity contribution is 0.169. The van der Waals surface area contributed by atoms with Gasteiger partial charge in [0, 0.05) is 35.5 Å². The first kappa shape index (κ1) is 27.2. The van der Waals surface area contributed by atoms with Gasteiger partial charge < -0.3 is 14.6 Å². The third-order valence-electron chi connectivity index (χ3n) is 7.69. The maximum Gasteiger partial charge on any atom is 0.175 e. The topological polar surface area (TPSA) is 76.1 Å². The number of nitrogens with zero attached hydrogens (tertiary/aromatic N) is 1. The van der Waals surface area contributed by atoms with Gasteiger partial charge in [0.1, 0.15) is 35.8 Å². The van der Waals surface area contributed by atoms with E-state index in [0.29, 0.717) is 29.5 Å². The summed E-state index contributed by atoms with van der Waals surface area (Å²) in [5.74, 6) is 1.44. The number of phenolic OH excluding ortho intramolecular Hbond substituents is 1. The van der Waals surface area contributed by atoms with Crippen LogP contribution in [0, 0.1) is 11.7 Å². The maximum atomic E-state index is 15.4. The molecule has 39 heavy (non-hydrogen) atoms. The lowest BCUT2D eigenvalue weighted by atomic mass is 9.86. The minimum Gasteiger partial charge on any atom is -0.508 e. The van der Waals surface area contributed by atoms with Crippen molar-refractivity contribution >= 4 is 21.0 Å². The smallest absolute Gasteiger partial charge is 0.175 e. The molecule has 0 bridgehead atoms. The zero-order chi connectivity index (χ0) is 27.9. The molecule has 8 heteroatoms. The first-order valence-electron chi connectivity index (χ1n) is 13.2. The molecule has 2 aliphatic heterocycles. The summed E-state index contributed by atoms with van der Waals surface area (Å²) in [6, 6.07) is 16.7. The van der Waals surface area contributed by atoms with E-state index in [2.05, 4.69) is 18.7 Å². The van der Waals surface area contributed by atoms with Crippen LogP contribution in [0.5, 0.6) is 17.2 Å². The Morgan fingerprint density at radius 3 is 2.49 bits per heavy atom. The number of sulfone groups is 1. The lowest BCUT2D eigenvalue weighted by Crippen LogP contribution is -2.35. The number of ether oxygens (including phenoxy) is 2. The fourth-order valence-corrected chi connectivity index (χ4v) is 6.03. The summed E-state index contributed by atoms with van der Waals surface area (Å²) in [6.07, 6.45) is 1.61. The molecule has 3 atom stereocenters. The molecule has 2 aliphatic rings. The summed E-state index contributed by atoms with van der Waals surface area (Å²) in [5, 5.41) is 10.1. The zero-order valence-electron chi connectivity index (χ0n) is 22.6. The van der Waals surface area contributed by atoms with Crippen LogP contribution >= 0.6 is 0 Å². The Balaban J connectivity index is 1.46. The first-order chi connectivity index (χ1) is 18.5. The Labute approximate surface area is 229 Å². The highest BCUT2D eigenvalue weighted by Gasteiger charge is 2.31. The van der Waals surface area contributed by atoms with Gasteiger partial charge in [0.25, 0.3) is 0 Å². The fourth-order valence-electron chi connectivity index (χ4n) is 5.39. The van der Waals surface area contributed by atoms with E-state index in [1.807, 2.05) is 31.2 Å². The monoisotopic (exact) mass is 551 g/mol. The number of fused-ring (bicyclic) bond motifs is 1. The van der Waals surface area contributed by atoms with E-state index >= 15 is 4.39 Å². The van der Waals surface area contributed by atoms with Gasteiger partial charge >= 0.3 is 0 Å². The SMILES string of the molecule is CC1=C(c2ccc(S(C)(=O)=O)cc2F)C(c2ccc(OC[C@H](C)N3CC[C@@H](C)C3)cc2)Oc2ccc(O)cc21. The Hall–Kier alpha value is -3.36. The van der Waals surface area contributed by atoms with Crippen molar-refractivity contribution in [1.29, 1.82) is 0 Å². The van der Waals surface area contributed by atoms with Crippen LogP contribution in [0.1, 0.15) is 50.0 Å². The van der Waals surface area contributed by atoms with E-state index in [4.69, 9.17) is 9.47 Å². The number of phenols is 1. The molecule has 0 amide bonds. The van der Waals surface area contributed by atoms with E-state index in [1.54, 1.807) is 18.2 Å².